The number of H-pyrrole nitrogens is 1. The molecule has 6 heteroatoms. The van der Waals surface area contributed by atoms with Gasteiger partial charge in [0.2, 0.25) is 0 Å². The predicted molar refractivity (Wildman–Crippen MR) is 87.7 cm³/mol. The zero-order chi connectivity index (χ0) is 15.9. The number of carbonyl (C=O) groups is 1. The van der Waals surface area contributed by atoms with E-state index in [1.807, 2.05) is 6.92 Å². The predicted octanol–water partition coefficient (Wildman–Crippen LogP) is 2.12. The SMILES string of the molecule is Cc1cnc(CN(C)C(=O)NCCCN(C)C2CCCC2)[nH]1. The van der Waals surface area contributed by atoms with Gasteiger partial charge < -0.3 is 20.1 Å². The first-order chi connectivity index (χ1) is 10.6. The molecule has 0 bridgehead atoms. The number of amides is 2. The average Bonchev–Trinajstić information content (AvgIpc) is 3.14. The van der Waals surface area contributed by atoms with Crippen LogP contribution in [-0.2, 0) is 6.54 Å². The van der Waals surface area contributed by atoms with Crippen LogP contribution >= 0.6 is 0 Å². The van der Waals surface area contributed by atoms with E-state index in [4.69, 9.17) is 0 Å². The molecule has 2 N–H and O–H groups in total. The number of hydrogen-bond acceptors (Lipinski definition) is 3. The van der Waals surface area contributed by atoms with Crippen molar-refractivity contribution < 1.29 is 4.79 Å². The van der Waals surface area contributed by atoms with Crippen LogP contribution < -0.4 is 5.32 Å². The molecule has 6 nitrogen and oxygen atoms in total. The molecule has 2 rings (SSSR count). The Labute approximate surface area is 133 Å². The third-order valence-corrected chi connectivity index (χ3v) is 4.40. The summed E-state index contributed by atoms with van der Waals surface area (Å²) >= 11 is 0. The number of nitrogens with one attached hydrogen (secondary N) is 2. The Morgan fingerprint density at radius 3 is 2.77 bits per heavy atom. The molecule has 1 fully saturated rings. The molecule has 0 spiro atoms. The van der Waals surface area contributed by atoms with Crippen LogP contribution in [0.4, 0.5) is 4.79 Å². The van der Waals surface area contributed by atoms with Crippen LogP contribution in [0.1, 0.15) is 43.6 Å². The van der Waals surface area contributed by atoms with Crippen molar-refractivity contribution in [2.45, 2.75) is 51.6 Å². The highest BCUT2D eigenvalue weighted by molar-refractivity contribution is 5.73. The largest absolute Gasteiger partial charge is 0.345 e. The Bertz CT molecular complexity index is 467. The van der Waals surface area contributed by atoms with Crippen molar-refractivity contribution in [1.82, 2.24) is 25.1 Å². The molecule has 0 atom stereocenters. The molecule has 1 aliphatic carbocycles. The molecule has 0 aromatic carbocycles. The number of carbonyl (C=O) groups excluding carboxylic acids is 1. The van der Waals surface area contributed by atoms with Crippen molar-refractivity contribution in [3.05, 3.63) is 17.7 Å². The van der Waals surface area contributed by atoms with Gasteiger partial charge in [0.25, 0.3) is 0 Å². The molecular weight excluding hydrogens is 278 g/mol. The van der Waals surface area contributed by atoms with Gasteiger partial charge in [-0.2, -0.15) is 0 Å². The average molecular weight is 307 g/mol. The van der Waals surface area contributed by atoms with E-state index >= 15 is 0 Å². The van der Waals surface area contributed by atoms with Gasteiger partial charge in [-0.1, -0.05) is 12.8 Å². The highest BCUT2D eigenvalue weighted by Crippen LogP contribution is 2.22. The molecule has 1 aromatic rings. The maximum Gasteiger partial charge on any atom is 0.317 e. The van der Waals surface area contributed by atoms with E-state index in [0.29, 0.717) is 6.54 Å². The van der Waals surface area contributed by atoms with Gasteiger partial charge in [-0.05, 0) is 39.8 Å². The third-order valence-electron chi connectivity index (χ3n) is 4.40. The van der Waals surface area contributed by atoms with Crippen LogP contribution in [-0.4, -0.2) is 59.0 Å². The molecule has 0 aliphatic heterocycles. The second-order valence-corrected chi connectivity index (χ2v) is 6.37. The molecule has 124 valence electrons. The second-order valence-electron chi connectivity index (χ2n) is 6.37. The first-order valence-corrected chi connectivity index (χ1v) is 8.26. The van der Waals surface area contributed by atoms with Gasteiger partial charge in [-0.15, -0.1) is 0 Å². The van der Waals surface area contributed by atoms with E-state index in [1.165, 1.54) is 25.7 Å². The zero-order valence-corrected chi connectivity index (χ0v) is 14.1. The minimum absolute atomic E-state index is 0.0439. The van der Waals surface area contributed by atoms with Crippen LogP contribution in [0.25, 0.3) is 0 Å². The van der Waals surface area contributed by atoms with E-state index in [0.717, 1.165) is 37.1 Å². The van der Waals surface area contributed by atoms with Crippen molar-refractivity contribution >= 4 is 6.03 Å². The number of aryl methyl sites for hydroxylation is 1. The van der Waals surface area contributed by atoms with E-state index in [1.54, 1.807) is 18.1 Å². The number of aromatic amines is 1. The Morgan fingerprint density at radius 1 is 1.41 bits per heavy atom. The van der Waals surface area contributed by atoms with Crippen LogP contribution in [0.3, 0.4) is 0 Å². The molecule has 1 aliphatic rings. The summed E-state index contributed by atoms with van der Waals surface area (Å²) < 4.78 is 0. The highest BCUT2D eigenvalue weighted by Gasteiger charge is 2.18. The topological polar surface area (TPSA) is 64.3 Å². The molecule has 1 aromatic heterocycles. The number of hydrogen-bond donors (Lipinski definition) is 2. The fraction of sp³-hybridized carbons (Fsp3) is 0.750. The van der Waals surface area contributed by atoms with Crippen molar-refractivity contribution in [2.75, 3.05) is 27.2 Å². The molecule has 2 amide bonds. The van der Waals surface area contributed by atoms with E-state index in [-0.39, 0.29) is 6.03 Å². The van der Waals surface area contributed by atoms with Crippen molar-refractivity contribution in [3.8, 4) is 0 Å². The lowest BCUT2D eigenvalue weighted by Gasteiger charge is -2.24. The van der Waals surface area contributed by atoms with Crippen LogP contribution in [0.2, 0.25) is 0 Å². The maximum absolute atomic E-state index is 12.0. The normalized spacial score (nSPS) is 15.5. The van der Waals surface area contributed by atoms with Gasteiger partial charge in [-0.3, -0.25) is 0 Å². The van der Waals surface area contributed by atoms with E-state index < -0.39 is 0 Å². The quantitative estimate of drug-likeness (QED) is 0.759. The third kappa shape index (κ3) is 5.02. The fourth-order valence-corrected chi connectivity index (χ4v) is 3.03. The summed E-state index contributed by atoms with van der Waals surface area (Å²) in [6.07, 6.45) is 8.15. The number of nitrogens with zero attached hydrogens (tertiary/aromatic N) is 3. The Hall–Kier alpha value is -1.56. The molecule has 22 heavy (non-hydrogen) atoms. The molecule has 1 saturated carbocycles. The van der Waals surface area contributed by atoms with Gasteiger partial charge in [0.15, 0.2) is 0 Å². The molecule has 0 saturated heterocycles. The highest BCUT2D eigenvalue weighted by atomic mass is 16.2. The maximum atomic E-state index is 12.0. The Kier molecular flexibility index (Phi) is 6.24. The number of imidazole rings is 1. The first-order valence-electron chi connectivity index (χ1n) is 8.26. The van der Waals surface area contributed by atoms with Crippen LogP contribution in [0.5, 0.6) is 0 Å². The summed E-state index contributed by atoms with van der Waals surface area (Å²) in [7, 11) is 3.99. The van der Waals surface area contributed by atoms with Gasteiger partial charge in [0.1, 0.15) is 5.82 Å². The minimum atomic E-state index is -0.0439. The number of aromatic nitrogens is 2. The Morgan fingerprint density at radius 2 is 2.14 bits per heavy atom. The Balaban J connectivity index is 1.60. The van der Waals surface area contributed by atoms with E-state index in [2.05, 4.69) is 27.2 Å². The summed E-state index contributed by atoms with van der Waals surface area (Å²) in [5, 5.41) is 2.97. The summed E-state index contributed by atoms with van der Waals surface area (Å²) in [6.45, 7) is 4.22. The summed E-state index contributed by atoms with van der Waals surface area (Å²) in [5.74, 6) is 0.816. The fourth-order valence-electron chi connectivity index (χ4n) is 3.03. The van der Waals surface area contributed by atoms with Gasteiger partial charge >= 0.3 is 6.03 Å². The van der Waals surface area contributed by atoms with Crippen LogP contribution in [0.15, 0.2) is 6.20 Å². The lowest BCUT2D eigenvalue weighted by atomic mass is 10.2. The standard InChI is InChI=1S/C16H29N5O/c1-13-11-18-15(19-13)12-21(3)16(22)17-9-6-10-20(2)14-7-4-5-8-14/h11,14H,4-10,12H2,1-3H3,(H,17,22)(H,18,19). The monoisotopic (exact) mass is 307 g/mol. The minimum Gasteiger partial charge on any atom is -0.345 e. The van der Waals surface area contributed by atoms with Gasteiger partial charge in [0, 0.05) is 31.5 Å². The lowest BCUT2D eigenvalue weighted by Crippen LogP contribution is -2.39. The molecule has 1 heterocycles. The summed E-state index contributed by atoms with van der Waals surface area (Å²) in [4.78, 5) is 23.5. The van der Waals surface area contributed by atoms with Gasteiger partial charge in [0.05, 0.1) is 6.54 Å². The van der Waals surface area contributed by atoms with E-state index in [9.17, 15) is 4.79 Å². The van der Waals surface area contributed by atoms with Crippen molar-refractivity contribution in [2.24, 2.45) is 0 Å². The van der Waals surface area contributed by atoms with Crippen molar-refractivity contribution in [3.63, 3.8) is 0 Å². The zero-order valence-electron chi connectivity index (χ0n) is 14.1. The van der Waals surface area contributed by atoms with Crippen LogP contribution in [0, 0.1) is 6.92 Å². The molecular formula is C16H29N5O. The number of rotatable bonds is 7. The second kappa shape index (κ2) is 8.17. The van der Waals surface area contributed by atoms with Crippen molar-refractivity contribution in [1.29, 1.82) is 0 Å². The lowest BCUT2D eigenvalue weighted by molar-refractivity contribution is 0.203. The smallest absolute Gasteiger partial charge is 0.317 e. The molecule has 0 unspecified atom stereocenters. The summed E-state index contributed by atoms with van der Waals surface area (Å²) in [5.41, 5.74) is 1.01. The number of urea groups is 1. The first kappa shape index (κ1) is 16.8. The van der Waals surface area contributed by atoms with Gasteiger partial charge in [-0.25, -0.2) is 9.78 Å². The summed E-state index contributed by atoms with van der Waals surface area (Å²) in [6, 6.07) is 0.707. The molecule has 0 radical (unpaired) electrons.